The van der Waals surface area contributed by atoms with E-state index in [0.717, 1.165) is 0 Å². The number of carbonyl (C=O) groups is 1. The standard InChI is InChI=1S/C10H11ClN2O3/c11-8-6(1-2-7(14)9(8)15)5-13-4-3-12-10(13)16/h1-2,14-15H,3-5H2,(H,12,16). The van der Waals surface area contributed by atoms with Crippen molar-refractivity contribution in [3.05, 3.63) is 22.7 Å². The Kier molecular flexibility index (Phi) is 2.78. The third-order valence-corrected chi connectivity index (χ3v) is 2.90. The van der Waals surface area contributed by atoms with Gasteiger partial charge in [0.15, 0.2) is 11.5 Å². The van der Waals surface area contributed by atoms with Crippen molar-refractivity contribution in [2.24, 2.45) is 0 Å². The van der Waals surface area contributed by atoms with Gasteiger partial charge < -0.3 is 20.4 Å². The first kappa shape index (κ1) is 10.9. The summed E-state index contributed by atoms with van der Waals surface area (Å²) >= 11 is 5.86. The molecule has 1 heterocycles. The lowest BCUT2D eigenvalue weighted by molar-refractivity contribution is 0.215. The molecule has 5 nitrogen and oxygen atoms in total. The molecule has 16 heavy (non-hydrogen) atoms. The predicted molar refractivity (Wildman–Crippen MR) is 58.6 cm³/mol. The maximum absolute atomic E-state index is 11.3. The van der Waals surface area contributed by atoms with Crippen LogP contribution in [0.1, 0.15) is 5.56 Å². The Hall–Kier alpha value is -1.62. The number of hydrogen-bond acceptors (Lipinski definition) is 3. The number of benzene rings is 1. The van der Waals surface area contributed by atoms with E-state index in [-0.39, 0.29) is 22.6 Å². The normalized spacial score (nSPS) is 15.3. The van der Waals surface area contributed by atoms with Crippen LogP contribution >= 0.6 is 11.6 Å². The molecule has 1 saturated heterocycles. The van der Waals surface area contributed by atoms with Crippen LogP contribution in [0, 0.1) is 0 Å². The Morgan fingerprint density at radius 1 is 1.44 bits per heavy atom. The number of phenols is 2. The van der Waals surface area contributed by atoms with Crippen LogP contribution in [0.4, 0.5) is 4.79 Å². The molecule has 0 aromatic heterocycles. The van der Waals surface area contributed by atoms with Crippen molar-refractivity contribution in [2.75, 3.05) is 13.1 Å². The van der Waals surface area contributed by atoms with E-state index in [1.165, 1.54) is 6.07 Å². The first-order valence-corrected chi connectivity index (χ1v) is 5.19. The number of nitrogens with zero attached hydrogens (tertiary/aromatic N) is 1. The Balaban J connectivity index is 2.22. The Bertz CT molecular complexity index is 436. The summed E-state index contributed by atoms with van der Waals surface area (Å²) in [5.41, 5.74) is 0.606. The Morgan fingerprint density at radius 2 is 2.19 bits per heavy atom. The van der Waals surface area contributed by atoms with Crippen molar-refractivity contribution in [1.82, 2.24) is 10.2 Å². The number of aromatic hydroxyl groups is 2. The molecule has 6 heteroatoms. The van der Waals surface area contributed by atoms with Gasteiger partial charge in [0, 0.05) is 19.6 Å². The highest BCUT2D eigenvalue weighted by Crippen LogP contribution is 2.35. The lowest BCUT2D eigenvalue weighted by Crippen LogP contribution is -2.27. The molecule has 1 aromatic rings. The van der Waals surface area contributed by atoms with Gasteiger partial charge in [-0.25, -0.2) is 4.79 Å². The highest BCUT2D eigenvalue weighted by Gasteiger charge is 2.21. The molecular weight excluding hydrogens is 232 g/mol. The van der Waals surface area contributed by atoms with Gasteiger partial charge in [-0.3, -0.25) is 0 Å². The van der Waals surface area contributed by atoms with Crippen molar-refractivity contribution in [2.45, 2.75) is 6.54 Å². The van der Waals surface area contributed by atoms with Gasteiger partial charge in [-0.2, -0.15) is 0 Å². The van der Waals surface area contributed by atoms with Crippen LogP contribution in [0.5, 0.6) is 11.5 Å². The summed E-state index contributed by atoms with van der Waals surface area (Å²) in [6.45, 7) is 1.54. The number of carbonyl (C=O) groups excluding carboxylic acids is 1. The zero-order valence-corrected chi connectivity index (χ0v) is 9.16. The molecule has 2 amide bonds. The van der Waals surface area contributed by atoms with E-state index in [9.17, 15) is 15.0 Å². The van der Waals surface area contributed by atoms with E-state index in [1.54, 1.807) is 11.0 Å². The van der Waals surface area contributed by atoms with Gasteiger partial charge in [0.2, 0.25) is 0 Å². The van der Waals surface area contributed by atoms with Crippen molar-refractivity contribution in [3.63, 3.8) is 0 Å². The van der Waals surface area contributed by atoms with Gasteiger partial charge in [0.05, 0.1) is 5.02 Å². The van der Waals surface area contributed by atoms with Gasteiger partial charge in [-0.1, -0.05) is 17.7 Å². The second kappa shape index (κ2) is 4.09. The molecule has 0 aliphatic carbocycles. The van der Waals surface area contributed by atoms with Crippen LogP contribution in [-0.4, -0.2) is 34.2 Å². The monoisotopic (exact) mass is 242 g/mol. The zero-order chi connectivity index (χ0) is 11.7. The fourth-order valence-electron chi connectivity index (χ4n) is 1.59. The summed E-state index contributed by atoms with van der Waals surface area (Å²) in [6.07, 6.45) is 0. The molecule has 1 aliphatic rings. The van der Waals surface area contributed by atoms with E-state index in [2.05, 4.69) is 5.32 Å². The van der Waals surface area contributed by atoms with Gasteiger partial charge in [0.25, 0.3) is 0 Å². The number of urea groups is 1. The summed E-state index contributed by atoms with van der Waals surface area (Å²) < 4.78 is 0. The van der Waals surface area contributed by atoms with E-state index in [1.807, 2.05) is 0 Å². The minimum absolute atomic E-state index is 0.0831. The molecule has 86 valence electrons. The van der Waals surface area contributed by atoms with E-state index in [0.29, 0.717) is 25.2 Å². The topological polar surface area (TPSA) is 72.8 Å². The summed E-state index contributed by atoms with van der Waals surface area (Å²) in [6, 6.07) is 2.79. The van der Waals surface area contributed by atoms with Crippen LogP contribution in [0.25, 0.3) is 0 Å². The molecule has 0 atom stereocenters. The highest BCUT2D eigenvalue weighted by molar-refractivity contribution is 6.33. The average molecular weight is 243 g/mol. The van der Waals surface area contributed by atoms with Gasteiger partial charge in [0.1, 0.15) is 0 Å². The number of amides is 2. The van der Waals surface area contributed by atoms with Crippen LogP contribution in [0.3, 0.4) is 0 Å². The first-order chi connectivity index (χ1) is 7.59. The molecule has 1 fully saturated rings. The zero-order valence-electron chi connectivity index (χ0n) is 8.40. The molecule has 0 bridgehead atoms. The molecule has 0 saturated carbocycles. The smallest absolute Gasteiger partial charge is 0.317 e. The average Bonchev–Trinajstić information content (AvgIpc) is 2.65. The predicted octanol–water partition coefficient (Wildman–Crippen LogP) is 1.28. The van der Waals surface area contributed by atoms with Gasteiger partial charge >= 0.3 is 6.03 Å². The van der Waals surface area contributed by atoms with Crippen LogP contribution < -0.4 is 5.32 Å². The first-order valence-electron chi connectivity index (χ1n) is 4.81. The molecule has 0 radical (unpaired) electrons. The minimum Gasteiger partial charge on any atom is -0.504 e. The van der Waals surface area contributed by atoms with Gasteiger partial charge in [-0.05, 0) is 11.6 Å². The van der Waals surface area contributed by atoms with Crippen molar-refractivity contribution in [3.8, 4) is 11.5 Å². The highest BCUT2D eigenvalue weighted by atomic mass is 35.5. The van der Waals surface area contributed by atoms with E-state index < -0.39 is 0 Å². The van der Waals surface area contributed by atoms with Crippen LogP contribution in [-0.2, 0) is 6.54 Å². The van der Waals surface area contributed by atoms with Crippen molar-refractivity contribution < 1.29 is 15.0 Å². The second-order valence-corrected chi connectivity index (χ2v) is 3.94. The third-order valence-electron chi connectivity index (χ3n) is 2.48. The lowest BCUT2D eigenvalue weighted by atomic mass is 10.2. The molecular formula is C10H11ClN2O3. The number of phenolic OH excluding ortho intramolecular Hbond substituents is 2. The second-order valence-electron chi connectivity index (χ2n) is 3.56. The lowest BCUT2D eigenvalue weighted by Gasteiger charge is -2.15. The van der Waals surface area contributed by atoms with Crippen molar-refractivity contribution >= 4 is 17.6 Å². The van der Waals surface area contributed by atoms with Crippen LogP contribution in [0.2, 0.25) is 5.02 Å². The molecule has 0 spiro atoms. The maximum atomic E-state index is 11.3. The fraction of sp³-hybridized carbons (Fsp3) is 0.300. The number of rotatable bonds is 2. The summed E-state index contributed by atoms with van der Waals surface area (Å²) in [5, 5.41) is 21.4. The number of nitrogens with one attached hydrogen (secondary N) is 1. The summed E-state index contributed by atoms with van der Waals surface area (Å²) in [4.78, 5) is 12.9. The SMILES string of the molecule is O=C1NCCN1Cc1ccc(O)c(O)c1Cl. The van der Waals surface area contributed by atoms with Crippen LogP contribution in [0.15, 0.2) is 12.1 Å². The Morgan fingerprint density at radius 3 is 2.81 bits per heavy atom. The van der Waals surface area contributed by atoms with E-state index in [4.69, 9.17) is 11.6 Å². The quantitative estimate of drug-likeness (QED) is 0.684. The van der Waals surface area contributed by atoms with Crippen molar-refractivity contribution in [1.29, 1.82) is 0 Å². The van der Waals surface area contributed by atoms with Gasteiger partial charge in [-0.15, -0.1) is 0 Å². The molecule has 3 N–H and O–H groups in total. The maximum Gasteiger partial charge on any atom is 0.317 e. The summed E-state index contributed by atoms with van der Waals surface area (Å²) in [5.74, 6) is -0.613. The third kappa shape index (κ3) is 1.86. The molecule has 0 unspecified atom stereocenters. The minimum atomic E-state index is -0.348. The van der Waals surface area contributed by atoms with E-state index >= 15 is 0 Å². The largest absolute Gasteiger partial charge is 0.504 e. The summed E-state index contributed by atoms with van der Waals surface area (Å²) in [7, 11) is 0. The molecule has 2 rings (SSSR count). The Labute approximate surface area is 97.2 Å². The number of hydrogen-bond donors (Lipinski definition) is 3. The molecule has 1 aromatic carbocycles. The molecule has 1 aliphatic heterocycles. The fourth-order valence-corrected chi connectivity index (χ4v) is 1.81. The number of halogens is 1.